The number of hydrogen-bond acceptors (Lipinski definition) is 4. The number of halogens is 1. The van der Waals surface area contributed by atoms with E-state index in [1.165, 1.54) is 36.0 Å². The second-order valence-electron chi connectivity index (χ2n) is 5.66. The molecule has 8 heteroatoms. The first kappa shape index (κ1) is 17.9. The first-order chi connectivity index (χ1) is 11.9. The molecular weight excluding hydrogens is 361 g/mol. The summed E-state index contributed by atoms with van der Waals surface area (Å²) in [5.41, 5.74) is 2.31. The molecule has 1 heterocycles. The van der Waals surface area contributed by atoms with Crippen molar-refractivity contribution >= 4 is 32.8 Å². The Morgan fingerprint density at radius 3 is 2.72 bits per heavy atom. The number of primary sulfonamides is 1. The lowest BCUT2D eigenvalue weighted by Gasteiger charge is -2.07. The van der Waals surface area contributed by atoms with Crippen molar-refractivity contribution in [1.29, 1.82) is 0 Å². The third-order valence-corrected chi connectivity index (χ3v) is 5.68. The number of rotatable bonds is 6. The summed E-state index contributed by atoms with van der Waals surface area (Å²) in [4.78, 5) is 4.60. The summed E-state index contributed by atoms with van der Waals surface area (Å²) in [6, 6.07) is 11.2. The predicted octanol–water partition coefficient (Wildman–Crippen LogP) is 3.53. The fourth-order valence-corrected chi connectivity index (χ4v) is 4.11. The zero-order valence-electron chi connectivity index (χ0n) is 13.6. The van der Waals surface area contributed by atoms with Crippen LogP contribution in [-0.2, 0) is 22.3 Å². The van der Waals surface area contributed by atoms with Crippen LogP contribution in [0.5, 0.6) is 0 Å². The van der Waals surface area contributed by atoms with Gasteiger partial charge < -0.3 is 4.57 Å². The van der Waals surface area contributed by atoms with Crippen molar-refractivity contribution in [3.05, 3.63) is 53.8 Å². The Morgan fingerprint density at radius 1 is 1.24 bits per heavy atom. The Bertz CT molecular complexity index is 1020. The van der Waals surface area contributed by atoms with Crippen LogP contribution in [0.4, 0.5) is 4.39 Å². The van der Waals surface area contributed by atoms with Gasteiger partial charge in [0.25, 0.3) is 0 Å². The number of thioether (sulfide) groups is 1. The average molecular weight is 379 g/mol. The lowest BCUT2D eigenvalue weighted by molar-refractivity contribution is 0.598. The van der Waals surface area contributed by atoms with Crippen LogP contribution in [0.1, 0.15) is 18.9 Å². The van der Waals surface area contributed by atoms with Gasteiger partial charge in [-0.05, 0) is 42.3 Å². The highest BCUT2D eigenvalue weighted by atomic mass is 32.2. The molecular formula is C17H18FN3O2S2. The molecule has 132 valence electrons. The molecule has 3 aromatic rings. The fourth-order valence-electron chi connectivity index (χ4n) is 2.59. The molecule has 2 aromatic carbocycles. The third kappa shape index (κ3) is 4.02. The van der Waals surface area contributed by atoms with Crippen LogP contribution in [-0.4, -0.2) is 18.0 Å². The summed E-state index contributed by atoms with van der Waals surface area (Å²) in [7, 11) is -3.77. The highest BCUT2D eigenvalue weighted by Crippen LogP contribution is 2.28. The number of sulfonamides is 1. The number of aromatic nitrogens is 2. The van der Waals surface area contributed by atoms with Gasteiger partial charge in [-0.3, -0.25) is 0 Å². The normalized spacial score (nSPS) is 12.0. The van der Waals surface area contributed by atoms with Gasteiger partial charge in [-0.25, -0.2) is 22.9 Å². The number of imidazole rings is 1. The van der Waals surface area contributed by atoms with E-state index >= 15 is 0 Å². The number of fused-ring (bicyclic) bond motifs is 1. The van der Waals surface area contributed by atoms with Gasteiger partial charge in [-0.15, -0.1) is 0 Å². The lowest BCUT2D eigenvalue weighted by Crippen LogP contribution is -2.11. The monoisotopic (exact) mass is 379 g/mol. The first-order valence-corrected chi connectivity index (χ1v) is 10.3. The Morgan fingerprint density at radius 2 is 2.04 bits per heavy atom. The minimum absolute atomic E-state index is 0.0443. The molecule has 0 bridgehead atoms. The molecule has 2 N–H and O–H groups in total. The molecule has 1 aromatic heterocycles. The number of nitrogens with zero attached hydrogens (tertiary/aromatic N) is 2. The zero-order chi connectivity index (χ0) is 18.0. The van der Waals surface area contributed by atoms with Crippen molar-refractivity contribution in [2.75, 3.05) is 0 Å². The van der Waals surface area contributed by atoms with E-state index in [1.54, 1.807) is 12.1 Å². The number of aryl methyl sites for hydroxylation is 1. The van der Waals surface area contributed by atoms with Gasteiger partial charge in [0.15, 0.2) is 5.16 Å². The molecule has 0 aliphatic rings. The summed E-state index contributed by atoms with van der Waals surface area (Å²) in [6.45, 7) is 2.82. The van der Waals surface area contributed by atoms with E-state index in [0.29, 0.717) is 11.3 Å². The van der Waals surface area contributed by atoms with Crippen molar-refractivity contribution in [1.82, 2.24) is 9.55 Å². The molecule has 5 nitrogen and oxygen atoms in total. The Labute approximate surface area is 150 Å². The highest BCUT2D eigenvalue weighted by molar-refractivity contribution is 7.98. The van der Waals surface area contributed by atoms with Gasteiger partial charge in [0.1, 0.15) is 5.82 Å². The van der Waals surface area contributed by atoms with E-state index in [0.717, 1.165) is 29.2 Å². The molecule has 0 saturated carbocycles. The maximum atomic E-state index is 13.3. The highest BCUT2D eigenvalue weighted by Gasteiger charge is 2.15. The van der Waals surface area contributed by atoms with Gasteiger partial charge >= 0.3 is 0 Å². The van der Waals surface area contributed by atoms with Gasteiger partial charge in [-0.1, -0.05) is 30.8 Å². The van der Waals surface area contributed by atoms with Crippen LogP contribution in [0.3, 0.4) is 0 Å². The molecule has 3 rings (SSSR count). The Hall–Kier alpha value is -1.90. The minimum Gasteiger partial charge on any atom is -0.319 e. The maximum absolute atomic E-state index is 13.3. The van der Waals surface area contributed by atoms with Crippen molar-refractivity contribution in [3.63, 3.8) is 0 Å². The zero-order valence-corrected chi connectivity index (χ0v) is 15.3. The van der Waals surface area contributed by atoms with E-state index in [-0.39, 0.29) is 10.7 Å². The Balaban J connectivity index is 1.97. The molecule has 0 fully saturated rings. The second kappa shape index (κ2) is 7.15. The molecule has 0 amide bonds. The van der Waals surface area contributed by atoms with Crippen LogP contribution in [0.15, 0.2) is 52.5 Å². The lowest BCUT2D eigenvalue weighted by atomic mass is 10.2. The largest absolute Gasteiger partial charge is 0.319 e. The molecule has 0 saturated heterocycles. The Kier molecular flexibility index (Phi) is 5.12. The van der Waals surface area contributed by atoms with E-state index < -0.39 is 10.0 Å². The van der Waals surface area contributed by atoms with E-state index in [1.807, 2.05) is 10.6 Å². The standard InChI is InChI=1S/C17H18FN3O2S2/c1-2-8-21-16-7-6-14(25(19,22)23)10-15(16)20-17(21)24-11-12-4-3-5-13(18)9-12/h3-7,9-10H,2,8,11H2,1H3,(H2,19,22,23). The molecule has 0 radical (unpaired) electrons. The van der Waals surface area contributed by atoms with Gasteiger partial charge in [0.05, 0.1) is 15.9 Å². The maximum Gasteiger partial charge on any atom is 0.238 e. The number of nitrogens with two attached hydrogens (primary N) is 1. The van der Waals surface area contributed by atoms with Crippen molar-refractivity contribution in [2.45, 2.75) is 35.7 Å². The predicted molar refractivity (Wildman–Crippen MR) is 97.4 cm³/mol. The van der Waals surface area contributed by atoms with Crippen LogP contribution < -0.4 is 5.14 Å². The molecule has 0 spiro atoms. The van der Waals surface area contributed by atoms with E-state index in [4.69, 9.17) is 5.14 Å². The van der Waals surface area contributed by atoms with Crippen molar-refractivity contribution in [3.8, 4) is 0 Å². The first-order valence-electron chi connectivity index (χ1n) is 7.79. The van der Waals surface area contributed by atoms with Crippen LogP contribution in [0.2, 0.25) is 0 Å². The minimum atomic E-state index is -3.77. The smallest absolute Gasteiger partial charge is 0.238 e. The molecule has 0 unspecified atom stereocenters. The van der Waals surface area contributed by atoms with E-state index in [9.17, 15) is 12.8 Å². The van der Waals surface area contributed by atoms with Gasteiger partial charge in [0, 0.05) is 12.3 Å². The van der Waals surface area contributed by atoms with Crippen molar-refractivity contribution in [2.24, 2.45) is 5.14 Å². The summed E-state index contributed by atoms with van der Waals surface area (Å²) in [5, 5.41) is 5.97. The second-order valence-corrected chi connectivity index (χ2v) is 8.16. The van der Waals surface area contributed by atoms with Crippen LogP contribution in [0, 0.1) is 5.82 Å². The SMILES string of the molecule is CCCn1c(SCc2cccc(F)c2)nc2cc(S(N)(=O)=O)ccc21. The molecule has 25 heavy (non-hydrogen) atoms. The fraction of sp³-hybridized carbons (Fsp3) is 0.235. The van der Waals surface area contributed by atoms with E-state index in [2.05, 4.69) is 11.9 Å². The van der Waals surface area contributed by atoms with Crippen LogP contribution >= 0.6 is 11.8 Å². The third-order valence-electron chi connectivity index (χ3n) is 3.72. The topological polar surface area (TPSA) is 78.0 Å². The van der Waals surface area contributed by atoms with Gasteiger partial charge in [0.2, 0.25) is 10.0 Å². The van der Waals surface area contributed by atoms with Crippen molar-refractivity contribution < 1.29 is 12.8 Å². The average Bonchev–Trinajstić information content (AvgIpc) is 2.90. The molecule has 0 aliphatic heterocycles. The summed E-state index contributed by atoms with van der Waals surface area (Å²) in [6.07, 6.45) is 0.913. The van der Waals surface area contributed by atoms with Crippen LogP contribution in [0.25, 0.3) is 11.0 Å². The molecule has 0 aliphatic carbocycles. The quantitative estimate of drug-likeness (QED) is 0.665. The number of hydrogen-bond donors (Lipinski definition) is 1. The summed E-state index contributed by atoms with van der Waals surface area (Å²) in [5.74, 6) is 0.310. The molecule has 0 atom stereocenters. The number of benzene rings is 2. The summed E-state index contributed by atoms with van der Waals surface area (Å²) >= 11 is 1.49. The summed E-state index contributed by atoms with van der Waals surface area (Å²) < 4.78 is 38.4. The van der Waals surface area contributed by atoms with Gasteiger partial charge in [-0.2, -0.15) is 0 Å².